The first kappa shape index (κ1) is 102. The second-order valence-corrected chi connectivity index (χ2v) is 50.5. The molecule has 24 aliphatic rings. The minimum absolute atomic E-state index is 0.0198. The third-order valence-electron chi connectivity index (χ3n) is 37.0. The Bertz CT molecular complexity index is 3560. The quantitative estimate of drug-likeness (QED) is 0.0174. The summed E-state index contributed by atoms with van der Waals surface area (Å²) in [5, 5.41) is 145. The van der Waals surface area contributed by atoms with Gasteiger partial charge in [0.25, 0.3) is 0 Å². The molecule has 18 unspecified atom stereocenters. The fourth-order valence-electron chi connectivity index (χ4n) is 34.4. The maximum atomic E-state index is 12.0. The molecular formula is C103H170O25. The van der Waals surface area contributed by atoms with Gasteiger partial charge in [-0.2, -0.15) is 0 Å². The minimum Gasteiger partial charge on any atom is -0.498 e. The van der Waals surface area contributed by atoms with Crippen molar-refractivity contribution in [3.8, 4) is 0 Å². The van der Waals surface area contributed by atoms with Crippen LogP contribution in [-0.2, 0) is 52.4 Å². The van der Waals surface area contributed by atoms with Crippen LogP contribution >= 0.6 is 0 Å². The molecule has 0 aromatic rings. The molecule has 0 aromatic heterocycles. The van der Waals surface area contributed by atoms with Crippen LogP contribution in [0.2, 0.25) is 0 Å². The average Bonchev–Trinajstić information content (AvgIpc) is 0.713. The standard InChI is InChI=1S/2C18H30O4.3C17H28O4.C16H26O5/c2*1-3-13(2)15(21)22-12-18-6-14-4-16(8-18,10-19)7-17(5-14,9-18)11-20;1-4-12(2)13(3)21-11-14-5-15(18)8-16(19,6-14)10-17(20,7-14)9-15;2*1-3-12(2)14(19)21-11-16-5-13-4-15(7-16,10-18)8-17(20,6-13)9-16;1-3-11(2)12(17)21-10-13-4-14(18)7-15(19,5-13)9-16(20,6-13)8-14/h2*13-14,19-20H,3-12H2,1-2H3;12,18-20H,3-11H2,1-2H3;2*12-13,18,20H,3-11H2,1-2H3;11,18-20H,3-10H2,1-2H3. The molecular weight excluding hydrogens is 1640 g/mol. The molecule has 0 saturated heterocycles. The van der Waals surface area contributed by atoms with Gasteiger partial charge < -0.3 is 99.9 Å². The lowest BCUT2D eigenvalue weighted by Gasteiger charge is -2.66. The first-order chi connectivity index (χ1) is 59.7. The Kier molecular flexibility index (Phi) is 29.2. The number of esters is 5. The summed E-state index contributed by atoms with van der Waals surface area (Å²) in [6, 6.07) is 0. The number of allylic oxidation sites excluding steroid dienone is 1. The van der Waals surface area contributed by atoms with Crippen molar-refractivity contribution in [1.29, 1.82) is 0 Å². The SMILES string of the molecule is C=C(OCC12CC3(O)CC(O)(CC(O)(C3)C1)C2)C(C)CC.CCC(C)C(=O)OCC12CC3(O)CC(O)(CC(O)(C3)C1)C2.CCC(C)C(=O)OCC12CC3CC(CO)(CC(CO)(C3)C1)C2.CCC(C)C(=O)OCC12CC3CC(CO)(CC(CO)(C3)C1)C2.CCC(C)C(=O)OCC12CC3CC(O)(CC(CO)(C3)C1)C2.CCC(C)C(=O)OCC12CC3CC(O)(CC(CO)(C3)C1)C2. The smallest absolute Gasteiger partial charge is 0.308 e. The number of ether oxygens (including phenoxy) is 6. The van der Waals surface area contributed by atoms with Gasteiger partial charge in [0.05, 0.1) is 120 Å². The van der Waals surface area contributed by atoms with E-state index in [0.717, 1.165) is 186 Å². The lowest BCUT2D eigenvalue weighted by molar-refractivity contribution is -0.287. The summed E-state index contributed by atoms with van der Waals surface area (Å²) in [6.45, 7) is 31.0. The first-order valence-electron chi connectivity index (χ1n) is 50.3. The summed E-state index contributed by atoms with van der Waals surface area (Å²) in [6.07, 6.45) is 33.0. The number of carbonyl (C=O) groups is 5. The number of aliphatic hydroxyl groups excluding tert-OH is 6. The second kappa shape index (κ2) is 36.7. The van der Waals surface area contributed by atoms with Gasteiger partial charge in [0.2, 0.25) is 0 Å². The van der Waals surface area contributed by atoms with Crippen molar-refractivity contribution < 1.29 is 124 Å². The molecule has 0 radical (unpaired) electrons. The summed E-state index contributed by atoms with van der Waals surface area (Å²) >= 11 is 0. The van der Waals surface area contributed by atoms with Crippen molar-refractivity contribution in [2.75, 3.05) is 79.3 Å². The predicted molar refractivity (Wildman–Crippen MR) is 478 cm³/mol. The molecule has 14 N–H and O–H groups in total. The van der Waals surface area contributed by atoms with Crippen molar-refractivity contribution in [1.82, 2.24) is 0 Å². The molecule has 25 nitrogen and oxygen atoms in total. The van der Waals surface area contributed by atoms with Gasteiger partial charge in [0, 0.05) is 117 Å². The van der Waals surface area contributed by atoms with Gasteiger partial charge in [-0.15, -0.1) is 0 Å². The molecule has 128 heavy (non-hydrogen) atoms. The number of aliphatic hydroxyl groups is 14. The molecule has 24 rings (SSSR count). The summed E-state index contributed by atoms with van der Waals surface area (Å²) in [4.78, 5) is 59.9. The van der Waals surface area contributed by atoms with Crippen molar-refractivity contribution in [3.63, 3.8) is 0 Å². The molecule has 18 atom stereocenters. The maximum Gasteiger partial charge on any atom is 0.308 e. The van der Waals surface area contributed by atoms with Crippen LogP contribution in [0.3, 0.4) is 0 Å². The normalized spacial score (nSPS) is 46.3. The van der Waals surface area contributed by atoms with Gasteiger partial charge >= 0.3 is 29.8 Å². The highest BCUT2D eigenvalue weighted by molar-refractivity contribution is 5.73. The van der Waals surface area contributed by atoms with Gasteiger partial charge in [-0.1, -0.05) is 89.7 Å². The maximum absolute atomic E-state index is 12.0. The van der Waals surface area contributed by atoms with Crippen LogP contribution in [0.4, 0.5) is 0 Å². The molecule has 24 saturated carbocycles. The van der Waals surface area contributed by atoms with Gasteiger partial charge in [-0.25, -0.2) is 0 Å². The molecule has 0 aromatic carbocycles. The van der Waals surface area contributed by atoms with E-state index in [1.54, 1.807) is 0 Å². The Morgan fingerprint density at radius 3 is 0.586 bits per heavy atom. The van der Waals surface area contributed by atoms with Crippen LogP contribution < -0.4 is 0 Å². The van der Waals surface area contributed by atoms with Crippen LogP contribution in [0, 0.1) is 124 Å². The largest absolute Gasteiger partial charge is 0.498 e. The molecule has 0 amide bonds. The molecule has 25 heteroatoms. The van der Waals surface area contributed by atoms with Gasteiger partial charge in [-0.05, 0) is 287 Å². The topological polar surface area (TPSA) is 424 Å². The van der Waals surface area contributed by atoms with Crippen LogP contribution in [0.5, 0.6) is 0 Å². The average molecular weight is 1810 g/mol. The molecule has 24 bridgehead atoms. The summed E-state index contributed by atoms with van der Waals surface area (Å²) in [7, 11) is 0. The summed E-state index contributed by atoms with van der Waals surface area (Å²) < 4.78 is 33.8. The van der Waals surface area contributed by atoms with E-state index >= 15 is 0 Å². The highest BCUT2D eigenvalue weighted by atomic mass is 16.6. The van der Waals surface area contributed by atoms with Crippen LogP contribution in [0.25, 0.3) is 0 Å². The zero-order chi connectivity index (χ0) is 93.7. The van der Waals surface area contributed by atoms with Crippen LogP contribution in [0.1, 0.15) is 353 Å². The zero-order valence-corrected chi connectivity index (χ0v) is 80.4. The van der Waals surface area contributed by atoms with E-state index in [1.165, 1.54) is 0 Å². The van der Waals surface area contributed by atoms with Gasteiger partial charge in [0.1, 0.15) is 0 Å². The fourth-order valence-corrected chi connectivity index (χ4v) is 34.4. The van der Waals surface area contributed by atoms with E-state index < -0.39 is 50.2 Å². The summed E-state index contributed by atoms with van der Waals surface area (Å²) in [5.41, 5.74) is -8.78. The number of hydrogen-bond acceptors (Lipinski definition) is 25. The number of hydrogen-bond donors (Lipinski definition) is 14. The Hall–Kier alpha value is -3.67. The van der Waals surface area contributed by atoms with E-state index in [0.29, 0.717) is 153 Å². The lowest BCUT2D eigenvalue weighted by Crippen LogP contribution is -2.70. The molecule has 0 spiro atoms. The third-order valence-corrected chi connectivity index (χ3v) is 37.0. The van der Waals surface area contributed by atoms with Gasteiger partial charge in [-0.3, -0.25) is 24.0 Å². The highest BCUT2D eigenvalue weighted by Gasteiger charge is 2.72. The van der Waals surface area contributed by atoms with E-state index in [9.17, 15) is 95.5 Å². The Labute approximate surface area is 763 Å². The molecule has 732 valence electrons. The first-order valence-corrected chi connectivity index (χ1v) is 50.3. The lowest BCUT2D eigenvalue weighted by atomic mass is 9.40. The van der Waals surface area contributed by atoms with E-state index in [1.807, 2.05) is 69.2 Å². The Morgan fingerprint density at radius 1 is 0.227 bits per heavy atom. The van der Waals surface area contributed by atoms with E-state index in [2.05, 4.69) is 20.4 Å². The fraction of sp³-hybridized carbons (Fsp3) is 0.932. The van der Waals surface area contributed by atoms with Crippen molar-refractivity contribution in [2.24, 2.45) is 124 Å². The minimum atomic E-state index is -1.03. The third kappa shape index (κ3) is 21.4. The Morgan fingerprint density at radius 2 is 0.383 bits per heavy atom. The number of rotatable bonds is 31. The molecule has 0 heterocycles. The molecule has 24 aliphatic carbocycles. The van der Waals surface area contributed by atoms with E-state index in [-0.39, 0.29) is 165 Å². The van der Waals surface area contributed by atoms with Crippen LogP contribution in [-0.4, -0.2) is 225 Å². The van der Waals surface area contributed by atoms with Crippen molar-refractivity contribution in [3.05, 3.63) is 12.3 Å². The highest BCUT2D eigenvalue weighted by Crippen LogP contribution is 2.74. The van der Waals surface area contributed by atoms with Gasteiger partial charge in [0.15, 0.2) is 0 Å². The second-order valence-electron chi connectivity index (χ2n) is 50.5. The van der Waals surface area contributed by atoms with Crippen molar-refractivity contribution in [2.45, 2.75) is 398 Å². The monoisotopic (exact) mass is 1810 g/mol. The summed E-state index contributed by atoms with van der Waals surface area (Å²) in [5.74, 6) is 2.08. The van der Waals surface area contributed by atoms with Crippen molar-refractivity contribution >= 4 is 29.8 Å². The van der Waals surface area contributed by atoms with Crippen LogP contribution in [0.15, 0.2) is 12.3 Å². The molecule has 24 fully saturated rings. The predicted octanol–water partition coefficient (Wildman–Crippen LogP) is 12.8. The van der Waals surface area contributed by atoms with E-state index in [4.69, 9.17) is 28.4 Å². The zero-order valence-electron chi connectivity index (χ0n) is 80.4. The molecule has 0 aliphatic heterocycles. The number of carbonyl (C=O) groups excluding carboxylic acids is 5. The Balaban J connectivity index is 0.000000131.